The molecule has 0 unspecified atom stereocenters. The molecule has 0 radical (unpaired) electrons. The smallest absolute Gasteiger partial charge is 0.394 e. The van der Waals surface area contributed by atoms with Crippen molar-refractivity contribution in [1.82, 2.24) is 19.2 Å². The number of hydrogen-bond donors (Lipinski definition) is 2. The lowest BCUT2D eigenvalue weighted by Gasteiger charge is -2.18. The van der Waals surface area contributed by atoms with Gasteiger partial charge in [0.15, 0.2) is 9.84 Å². The number of halogens is 3. The van der Waals surface area contributed by atoms with Crippen LogP contribution >= 0.6 is 0 Å². The summed E-state index contributed by atoms with van der Waals surface area (Å²) in [5.41, 5.74) is 1.70. The number of ether oxygens (including phenoxy) is 1. The number of imidazole rings is 1. The van der Waals surface area contributed by atoms with E-state index in [-0.39, 0.29) is 28.9 Å². The van der Waals surface area contributed by atoms with Crippen LogP contribution in [0, 0.1) is 11.8 Å². The standard InChI is InChI=1S/C27H27F3N6O3S/c1-39-24-16-18(40(2,37)38)9-10-22(24)31-12-3-7-21-23(17-27(28,29)30)35-14-4-6-19(26(35)34-21)20-8-5-15-36-25(33-20)11-13-32-36/h4,6,9-11,13-14,16,20,31,33H,5,8,12,15,17H2,1-2H3/t20-/m1/s1. The zero-order valence-electron chi connectivity index (χ0n) is 21.8. The van der Waals surface area contributed by atoms with Gasteiger partial charge in [-0.15, -0.1) is 0 Å². The van der Waals surface area contributed by atoms with Crippen molar-refractivity contribution < 1.29 is 26.3 Å². The van der Waals surface area contributed by atoms with Crippen LogP contribution in [-0.2, 0) is 22.8 Å². The maximum atomic E-state index is 13.6. The van der Waals surface area contributed by atoms with Crippen LogP contribution in [0.1, 0.15) is 35.8 Å². The minimum atomic E-state index is -4.46. The van der Waals surface area contributed by atoms with Crippen LogP contribution in [0.3, 0.4) is 0 Å². The number of nitrogens with zero attached hydrogens (tertiary/aromatic N) is 4. The van der Waals surface area contributed by atoms with Crippen LogP contribution in [-0.4, -0.2) is 53.7 Å². The molecule has 210 valence electrons. The van der Waals surface area contributed by atoms with Crippen molar-refractivity contribution >= 4 is 27.0 Å². The lowest BCUT2D eigenvalue weighted by Crippen LogP contribution is -2.15. The Morgan fingerprint density at radius 3 is 2.83 bits per heavy atom. The fourth-order valence-electron chi connectivity index (χ4n) is 4.75. The minimum absolute atomic E-state index is 0.0365. The number of fused-ring (bicyclic) bond motifs is 2. The van der Waals surface area contributed by atoms with Crippen LogP contribution in [0.4, 0.5) is 24.7 Å². The van der Waals surface area contributed by atoms with Gasteiger partial charge >= 0.3 is 6.18 Å². The predicted octanol–water partition coefficient (Wildman–Crippen LogP) is 4.46. The third kappa shape index (κ3) is 5.86. The zero-order valence-corrected chi connectivity index (χ0v) is 22.6. The largest absolute Gasteiger partial charge is 0.495 e. The summed E-state index contributed by atoms with van der Waals surface area (Å²) in [6.45, 7) is 0.809. The van der Waals surface area contributed by atoms with E-state index in [1.807, 2.05) is 16.8 Å². The molecule has 1 aliphatic rings. The molecule has 0 bridgehead atoms. The Balaban J connectivity index is 1.45. The number of anilines is 2. The van der Waals surface area contributed by atoms with Gasteiger partial charge in [0.1, 0.15) is 22.9 Å². The molecule has 0 saturated heterocycles. The monoisotopic (exact) mass is 572 g/mol. The maximum Gasteiger partial charge on any atom is 0.394 e. The quantitative estimate of drug-likeness (QED) is 0.329. The van der Waals surface area contributed by atoms with Gasteiger partial charge < -0.3 is 19.8 Å². The topological polar surface area (TPSA) is 103 Å². The molecular weight excluding hydrogens is 545 g/mol. The molecule has 0 fully saturated rings. The zero-order chi connectivity index (χ0) is 28.5. The predicted molar refractivity (Wildman–Crippen MR) is 144 cm³/mol. The first-order valence-corrected chi connectivity index (χ1v) is 14.4. The lowest BCUT2D eigenvalue weighted by atomic mass is 10.0. The summed E-state index contributed by atoms with van der Waals surface area (Å²) < 4.78 is 73.0. The molecule has 0 saturated carbocycles. The Labute approximate surface area is 229 Å². The summed E-state index contributed by atoms with van der Waals surface area (Å²) in [5, 5.41) is 10.8. The van der Waals surface area contributed by atoms with Crippen LogP contribution < -0.4 is 15.4 Å². The van der Waals surface area contributed by atoms with Crippen molar-refractivity contribution in [2.24, 2.45) is 0 Å². The number of aromatic nitrogens is 4. The van der Waals surface area contributed by atoms with Gasteiger partial charge in [0, 0.05) is 36.7 Å². The molecule has 0 aliphatic carbocycles. The molecule has 4 heterocycles. The molecule has 13 heteroatoms. The van der Waals surface area contributed by atoms with Gasteiger partial charge in [-0.2, -0.15) is 18.3 Å². The maximum absolute atomic E-state index is 13.6. The average Bonchev–Trinajstić information content (AvgIpc) is 3.42. The number of sulfone groups is 1. The second-order valence-corrected chi connectivity index (χ2v) is 11.4. The van der Waals surface area contributed by atoms with Crippen LogP contribution in [0.25, 0.3) is 5.65 Å². The van der Waals surface area contributed by atoms with E-state index in [1.54, 1.807) is 24.5 Å². The highest BCUT2D eigenvalue weighted by Gasteiger charge is 2.32. The number of nitrogens with one attached hydrogen (secondary N) is 2. The molecule has 40 heavy (non-hydrogen) atoms. The molecule has 0 spiro atoms. The number of alkyl halides is 3. The number of benzene rings is 1. The molecule has 5 rings (SSSR count). The number of rotatable bonds is 6. The highest BCUT2D eigenvalue weighted by molar-refractivity contribution is 7.90. The van der Waals surface area contributed by atoms with Gasteiger partial charge in [0.05, 0.1) is 48.6 Å². The van der Waals surface area contributed by atoms with Crippen molar-refractivity contribution in [3.8, 4) is 17.6 Å². The summed E-state index contributed by atoms with van der Waals surface area (Å²) in [6, 6.07) is 9.68. The van der Waals surface area contributed by atoms with E-state index in [0.29, 0.717) is 17.1 Å². The van der Waals surface area contributed by atoms with Crippen molar-refractivity contribution in [3.05, 3.63) is 65.7 Å². The van der Waals surface area contributed by atoms with E-state index in [4.69, 9.17) is 4.74 Å². The second-order valence-electron chi connectivity index (χ2n) is 9.42. The molecule has 1 aromatic carbocycles. The molecule has 4 aromatic rings. The van der Waals surface area contributed by atoms with Crippen molar-refractivity contribution in [1.29, 1.82) is 0 Å². The number of methoxy groups -OCH3 is 1. The summed E-state index contributed by atoms with van der Waals surface area (Å²) in [4.78, 5) is 4.67. The number of hydrogen-bond acceptors (Lipinski definition) is 7. The van der Waals surface area contributed by atoms with Crippen LogP contribution in [0.2, 0.25) is 0 Å². The Kier molecular flexibility index (Phi) is 7.37. The van der Waals surface area contributed by atoms with Gasteiger partial charge in [-0.25, -0.2) is 18.1 Å². The summed E-state index contributed by atoms with van der Waals surface area (Å²) in [5.74, 6) is 6.80. The van der Waals surface area contributed by atoms with Gasteiger partial charge in [-0.1, -0.05) is 12.0 Å². The van der Waals surface area contributed by atoms with E-state index in [9.17, 15) is 21.6 Å². The minimum Gasteiger partial charge on any atom is -0.495 e. The van der Waals surface area contributed by atoms with Gasteiger partial charge in [0.2, 0.25) is 0 Å². The first kappa shape index (κ1) is 27.4. The molecule has 2 N–H and O–H groups in total. The van der Waals surface area contributed by atoms with E-state index in [0.717, 1.165) is 37.0 Å². The lowest BCUT2D eigenvalue weighted by molar-refractivity contribution is -0.128. The molecule has 3 aromatic heterocycles. The SMILES string of the molecule is COc1cc(S(C)(=O)=O)ccc1NCC#Cc1nc2c([C@H]3CCCn4nccc4N3)cccn2c1CC(F)(F)F. The van der Waals surface area contributed by atoms with Crippen molar-refractivity contribution in [3.63, 3.8) is 0 Å². The van der Waals surface area contributed by atoms with Gasteiger partial charge in [0.25, 0.3) is 0 Å². The fourth-order valence-corrected chi connectivity index (χ4v) is 5.38. The van der Waals surface area contributed by atoms with E-state index >= 15 is 0 Å². The van der Waals surface area contributed by atoms with Crippen LogP contribution in [0.15, 0.2) is 53.7 Å². The highest BCUT2D eigenvalue weighted by atomic mass is 32.2. The molecule has 0 amide bonds. The normalized spacial score (nSPS) is 15.5. The van der Waals surface area contributed by atoms with Gasteiger partial charge in [-0.05, 0) is 37.0 Å². The summed E-state index contributed by atoms with van der Waals surface area (Å²) >= 11 is 0. The Hall–Kier alpha value is -4.18. The number of pyridine rings is 1. The Morgan fingerprint density at radius 2 is 2.08 bits per heavy atom. The van der Waals surface area contributed by atoms with Gasteiger partial charge in [-0.3, -0.25) is 0 Å². The fraction of sp³-hybridized carbons (Fsp3) is 0.333. The second kappa shape index (κ2) is 10.8. The third-order valence-electron chi connectivity index (χ3n) is 6.60. The van der Waals surface area contributed by atoms with E-state index < -0.39 is 22.4 Å². The molecule has 1 atom stereocenters. The highest BCUT2D eigenvalue weighted by Crippen LogP contribution is 2.32. The number of aryl methyl sites for hydroxylation is 1. The van der Waals surface area contributed by atoms with E-state index in [1.165, 1.54) is 23.6 Å². The average molecular weight is 573 g/mol. The molecule has 9 nitrogen and oxygen atoms in total. The molecular formula is C27H27F3N6O3S. The first-order valence-electron chi connectivity index (χ1n) is 12.5. The first-order chi connectivity index (χ1) is 19.0. The third-order valence-corrected chi connectivity index (χ3v) is 7.71. The summed E-state index contributed by atoms with van der Waals surface area (Å²) in [7, 11) is -2.01. The summed E-state index contributed by atoms with van der Waals surface area (Å²) in [6.07, 6.45) is 0.347. The van der Waals surface area contributed by atoms with Crippen LogP contribution in [0.5, 0.6) is 5.75 Å². The van der Waals surface area contributed by atoms with E-state index in [2.05, 4.69) is 32.6 Å². The Morgan fingerprint density at radius 1 is 1.25 bits per heavy atom. The Bertz CT molecular complexity index is 1720. The van der Waals surface area contributed by atoms with Crippen molar-refractivity contribution in [2.75, 3.05) is 30.5 Å². The van der Waals surface area contributed by atoms with Crippen molar-refractivity contribution in [2.45, 2.75) is 42.9 Å². The molecule has 1 aliphatic heterocycles.